The van der Waals surface area contributed by atoms with Crippen molar-refractivity contribution in [3.05, 3.63) is 0 Å². The summed E-state index contributed by atoms with van der Waals surface area (Å²) in [5.74, 6) is 3.48. The molecular formula is C43H84N4O4. The number of nitrogens with zero attached hydrogens (tertiary/aromatic N) is 1. The zero-order chi connectivity index (χ0) is 37.3. The van der Waals surface area contributed by atoms with Gasteiger partial charge in [0.15, 0.2) is 0 Å². The van der Waals surface area contributed by atoms with Gasteiger partial charge in [-0.25, -0.2) is 0 Å². The van der Waals surface area contributed by atoms with Crippen LogP contribution in [0.2, 0.25) is 0 Å². The van der Waals surface area contributed by atoms with Crippen LogP contribution in [-0.2, 0) is 19.0 Å². The molecule has 8 heteroatoms. The van der Waals surface area contributed by atoms with Crippen molar-refractivity contribution < 1.29 is 19.0 Å². The van der Waals surface area contributed by atoms with Crippen LogP contribution >= 0.6 is 0 Å². The first-order chi connectivity index (χ1) is 24.7. The summed E-state index contributed by atoms with van der Waals surface area (Å²) in [5.41, 5.74) is 18.0. The van der Waals surface area contributed by atoms with E-state index in [4.69, 9.17) is 31.4 Å². The normalized spacial score (nSPS) is 32.5. The van der Waals surface area contributed by atoms with Gasteiger partial charge in [0.25, 0.3) is 0 Å². The van der Waals surface area contributed by atoms with Crippen LogP contribution in [0.15, 0.2) is 0 Å². The number of unbranched alkanes of at least 4 members (excludes halogenated alkanes) is 4. The van der Waals surface area contributed by atoms with E-state index in [-0.39, 0.29) is 23.0 Å². The van der Waals surface area contributed by atoms with Gasteiger partial charge in [0.1, 0.15) is 0 Å². The number of hydrogen-bond acceptors (Lipinski definition) is 7. The first-order valence-electron chi connectivity index (χ1n) is 21.9. The molecule has 3 saturated carbocycles. The maximum absolute atomic E-state index is 13.7. The Hall–Kier alpha value is -0.770. The van der Waals surface area contributed by atoms with Gasteiger partial charge in [0.2, 0.25) is 5.91 Å². The van der Waals surface area contributed by atoms with Gasteiger partial charge in [-0.2, -0.15) is 0 Å². The molecule has 0 aromatic rings. The molecule has 3 fully saturated rings. The molecule has 0 aromatic heterocycles. The summed E-state index contributed by atoms with van der Waals surface area (Å²) in [7, 11) is 0. The molecule has 0 aromatic carbocycles. The lowest BCUT2D eigenvalue weighted by atomic mass is 9.44. The largest absolute Gasteiger partial charge is 0.381 e. The minimum Gasteiger partial charge on any atom is -0.381 e. The van der Waals surface area contributed by atoms with Crippen molar-refractivity contribution in [1.82, 2.24) is 4.90 Å². The zero-order valence-electron chi connectivity index (χ0n) is 34.3. The molecule has 300 valence electrons. The summed E-state index contributed by atoms with van der Waals surface area (Å²) in [4.78, 5) is 15.9. The first kappa shape index (κ1) is 44.6. The number of fused-ring (bicyclic) bond motifs is 3. The standard InChI is InChI=1S/C43H84N4O4/c1-7-10-12-25-47(26-13-11-8-2)40(48)20-17-33(4)35-18-19-36-41-37(32-39(43(35,36)6)51-29-16-24-46)42(5,9-3)34(21-30-49-27-14-22-44)31-38(41)50-28-15-23-45/h33-39,41H,7-32,44-46H2,1-6H3/t33?,34?,35?,36-,37-,38+,39-,41?,42-,43+/m0/s1. The smallest absolute Gasteiger partial charge is 0.222 e. The molecule has 0 heterocycles. The predicted molar refractivity (Wildman–Crippen MR) is 212 cm³/mol. The van der Waals surface area contributed by atoms with Crippen molar-refractivity contribution >= 4 is 5.91 Å². The van der Waals surface area contributed by atoms with Gasteiger partial charge >= 0.3 is 0 Å². The third-order valence-electron chi connectivity index (χ3n) is 14.3. The van der Waals surface area contributed by atoms with Crippen LogP contribution in [0.5, 0.6) is 0 Å². The van der Waals surface area contributed by atoms with Gasteiger partial charge in [-0.1, -0.05) is 73.6 Å². The van der Waals surface area contributed by atoms with Crippen molar-refractivity contribution in [2.24, 2.45) is 63.5 Å². The number of ether oxygens (including phenoxy) is 3. The maximum atomic E-state index is 13.7. The van der Waals surface area contributed by atoms with E-state index in [2.05, 4.69) is 46.4 Å². The van der Waals surface area contributed by atoms with E-state index in [0.29, 0.717) is 67.5 Å². The lowest BCUT2D eigenvalue weighted by molar-refractivity contribution is -0.218. The van der Waals surface area contributed by atoms with E-state index in [1.54, 1.807) is 0 Å². The second kappa shape index (κ2) is 23.2. The predicted octanol–water partition coefficient (Wildman–Crippen LogP) is 7.94. The van der Waals surface area contributed by atoms with Gasteiger partial charge in [-0.15, -0.1) is 0 Å². The quantitative estimate of drug-likeness (QED) is 0.0736. The molecule has 51 heavy (non-hydrogen) atoms. The second-order valence-electron chi connectivity index (χ2n) is 17.3. The molecule has 6 N–H and O–H groups in total. The van der Waals surface area contributed by atoms with E-state index in [0.717, 1.165) is 104 Å². The van der Waals surface area contributed by atoms with E-state index in [1.807, 2.05) is 0 Å². The van der Waals surface area contributed by atoms with Gasteiger partial charge in [0, 0.05) is 51.4 Å². The van der Waals surface area contributed by atoms with Crippen LogP contribution in [-0.4, -0.2) is 82.2 Å². The summed E-state index contributed by atoms with van der Waals surface area (Å²) >= 11 is 0. The molecule has 8 nitrogen and oxygen atoms in total. The number of amides is 1. The zero-order valence-corrected chi connectivity index (χ0v) is 34.3. The SMILES string of the molecule is CCCCCN(CCCCC)C(=O)CCC(C)C1CC[C@H]2C3[C@H](OCCCN)CC(CCOCCCN)[C@](C)(CC)[C@H]3C[C@H](OCCCN)[C@]12C. The minimum atomic E-state index is 0.0441. The molecule has 0 radical (unpaired) electrons. The van der Waals surface area contributed by atoms with Gasteiger partial charge in [-0.3, -0.25) is 4.79 Å². The summed E-state index contributed by atoms with van der Waals surface area (Å²) in [6.45, 7) is 21.3. The summed E-state index contributed by atoms with van der Waals surface area (Å²) < 4.78 is 20.1. The Morgan fingerprint density at radius 3 is 2.02 bits per heavy atom. The Labute approximate surface area is 314 Å². The number of hydrogen-bond donors (Lipinski definition) is 3. The molecule has 3 aliphatic carbocycles. The highest BCUT2D eigenvalue weighted by molar-refractivity contribution is 5.76. The highest BCUT2D eigenvalue weighted by Gasteiger charge is 2.65. The van der Waals surface area contributed by atoms with Crippen LogP contribution in [0.1, 0.15) is 151 Å². The summed E-state index contributed by atoms with van der Waals surface area (Å²) in [5, 5.41) is 0. The van der Waals surface area contributed by atoms with E-state index >= 15 is 0 Å². The molecular weight excluding hydrogens is 636 g/mol. The Morgan fingerprint density at radius 2 is 1.41 bits per heavy atom. The van der Waals surface area contributed by atoms with Crippen molar-refractivity contribution in [1.29, 1.82) is 0 Å². The first-order valence-corrected chi connectivity index (χ1v) is 21.9. The van der Waals surface area contributed by atoms with Gasteiger partial charge in [0.05, 0.1) is 12.2 Å². The van der Waals surface area contributed by atoms with Gasteiger partial charge < -0.3 is 36.3 Å². The lowest BCUT2D eigenvalue weighted by Gasteiger charge is -2.63. The topological polar surface area (TPSA) is 126 Å². The molecule has 10 atom stereocenters. The number of carbonyl (C=O) groups is 1. The Balaban J connectivity index is 1.87. The number of carbonyl (C=O) groups excluding carboxylic acids is 1. The molecule has 0 saturated heterocycles. The molecule has 1 amide bonds. The Morgan fingerprint density at radius 1 is 0.784 bits per heavy atom. The lowest BCUT2D eigenvalue weighted by Crippen LogP contribution is -2.62. The molecule has 4 unspecified atom stereocenters. The van der Waals surface area contributed by atoms with Crippen molar-refractivity contribution in [3.8, 4) is 0 Å². The second-order valence-corrected chi connectivity index (χ2v) is 17.3. The van der Waals surface area contributed by atoms with E-state index in [9.17, 15) is 4.79 Å². The molecule has 0 bridgehead atoms. The van der Waals surface area contributed by atoms with Crippen molar-refractivity contribution in [2.75, 3.05) is 59.2 Å². The Bertz CT molecular complexity index is 945. The third-order valence-corrected chi connectivity index (χ3v) is 14.3. The summed E-state index contributed by atoms with van der Waals surface area (Å²) in [6, 6.07) is 0. The van der Waals surface area contributed by atoms with Gasteiger partial charge in [-0.05, 0) is 131 Å². The fourth-order valence-electron chi connectivity index (χ4n) is 11.1. The fourth-order valence-corrected chi connectivity index (χ4v) is 11.1. The fraction of sp³-hybridized carbons (Fsp3) is 0.977. The monoisotopic (exact) mass is 721 g/mol. The Kier molecular flexibility index (Phi) is 20.3. The number of rotatable bonds is 27. The third kappa shape index (κ3) is 11.6. The maximum Gasteiger partial charge on any atom is 0.222 e. The highest BCUT2D eigenvalue weighted by Crippen LogP contribution is 2.68. The highest BCUT2D eigenvalue weighted by atomic mass is 16.5. The van der Waals surface area contributed by atoms with Crippen LogP contribution in [0.3, 0.4) is 0 Å². The van der Waals surface area contributed by atoms with E-state index < -0.39 is 0 Å². The molecule has 0 aliphatic heterocycles. The van der Waals surface area contributed by atoms with E-state index in [1.165, 1.54) is 38.5 Å². The van der Waals surface area contributed by atoms with Crippen LogP contribution in [0, 0.1) is 46.3 Å². The molecule has 0 spiro atoms. The minimum absolute atomic E-state index is 0.0441. The van der Waals surface area contributed by atoms with Crippen molar-refractivity contribution in [2.45, 2.75) is 163 Å². The number of nitrogens with two attached hydrogens (primary N) is 3. The van der Waals surface area contributed by atoms with Crippen LogP contribution in [0.4, 0.5) is 0 Å². The van der Waals surface area contributed by atoms with Crippen LogP contribution in [0.25, 0.3) is 0 Å². The van der Waals surface area contributed by atoms with Crippen molar-refractivity contribution in [3.63, 3.8) is 0 Å². The average molecular weight is 721 g/mol. The van der Waals surface area contributed by atoms with Crippen LogP contribution < -0.4 is 17.2 Å². The molecule has 3 rings (SSSR count). The average Bonchev–Trinajstić information content (AvgIpc) is 3.49. The summed E-state index contributed by atoms with van der Waals surface area (Å²) in [6.07, 6.45) is 18.6. The molecule has 3 aliphatic rings.